The van der Waals surface area contributed by atoms with Crippen LogP contribution in [0.4, 0.5) is 0 Å². The number of hydrogen-bond acceptors (Lipinski definition) is 2. The van der Waals surface area contributed by atoms with Crippen molar-refractivity contribution in [2.45, 2.75) is 59.2 Å². The molecule has 0 bridgehead atoms. The van der Waals surface area contributed by atoms with Crippen molar-refractivity contribution in [3.05, 3.63) is 35.4 Å². The van der Waals surface area contributed by atoms with Gasteiger partial charge >= 0.3 is 7.12 Å². The van der Waals surface area contributed by atoms with Crippen molar-refractivity contribution in [1.29, 1.82) is 0 Å². The monoisotopic (exact) mass is 272 g/mol. The summed E-state index contributed by atoms with van der Waals surface area (Å²) >= 11 is 0. The quantitative estimate of drug-likeness (QED) is 0.781. The van der Waals surface area contributed by atoms with E-state index in [4.69, 9.17) is 9.31 Å². The van der Waals surface area contributed by atoms with Gasteiger partial charge in [-0.25, -0.2) is 0 Å². The molecule has 1 aromatic carbocycles. The average molecular weight is 272 g/mol. The van der Waals surface area contributed by atoms with E-state index in [1.54, 1.807) is 0 Å². The maximum atomic E-state index is 6.09. The van der Waals surface area contributed by atoms with Crippen LogP contribution in [0.2, 0.25) is 0 Å². The molecule has 0 amide bonds. The third kappa shape index (κ3) is 2.84. The highest BCUT2D eigenvalue weighted by atomic mass is 16.7. The van der Waals surface area contributed by atoms with Crippen LogP contribution in [-0.4, -0.2) is 18.3 Å². The van der Waals surface area contributed by atoms with Crippen LogP contribution in [-0.2, 0) is 9.31 Å². The second-order valence-electron chi connectivity index (χ2n) is 6.51. The third-order valence-electron chi connectivity index (χ3n) is 4.35. The van der Waals surface area contributed by atoms with Crippen LogP contribution >= 0.6 is 0 Å². The predicted octanol–water partition coefficient (Wildman–Crippen LogP) is 3.72. The summed E-state index contributed by atoms with van der Waals surface area (Å²) in [6.45, 7) is 12.6. The molecule has 1 aliphatic heterocycles. The van der Waals surface area contributed by atoms with Gasteiger partial charge in [-0.15, -0.1) is 0 Å². The minimum atomic E-state index is -0.285. The van der Waals surface area contributed by atoms with Crippen LogP contribution in [0, 0.1) is 6.92 Å². The van der Waals surface area contributed by atoms with Crippen LogP contribution in [0.25, 0.3) is 6.08 Å². The van der Waals surface area contributed by atoms with Crippen molar-refractivity contribution in [2.24, 2.45) is 0 Å². The fourth-order valence-electron chi connectivity index (χ4n) is 2.26. The predicted molar refractivity (Wildman–Crippen MR) is 86.2 cm³/mol. The molecule has 0 aliphatic carbocycles. The van der Waals surface area contributed by atoms with Crippen LogP contribution < -0.4 is 5.46 Å². The highest BCUT2D eigenvalue weighted by molar-refractivity contribution is 6.62. The van der Waals surface area contributed by atoms with Crippen molar-refractivity contribution in [2.75, 3.05) is 0 Å². The van der Waals surface area contributed by atoms with Gasteiger partial charge in [0, 0.05) is 0 Å². The molecule has 20 heavy (non-hydrogen) atoms. The molecule has 108 valence electrons. The minimum absolute atomic E-state index is 0.275. The van der Waals surface area contributed by atoms with E-state index in [-0.39, 0.29) is 18.3 Å². The molecule has 1 fully saturated rings. The van der Waals surface area contributed by atoms with Crippen molar-refractivity contribution < 1.29 is 9.31 Å². The lowest BCUT2D eigenvalue weighted by Gasteiger charge is -2.32. The Kier molecular flexibility index (Phi) is 4.13. The Labute approximate surface area is 123 Å². The molecule has 0 aromatic heterocycles. The van der Waals surface area contributed by atoms with Crippen molar-refractivity contribution in [3.63, 3.8) is 0 Å². The van der Waals surface area contributed by atoms with Crippen LogP contribution in [0.5, 0.6) is 0 Å². The summed E-state index contributed by atoms with van der Waals surface area (Å²) < 4.78 is 12.2. The summed E-state index contributed by atoms with van der Waals surface area (Å²) in [5.74, 6) is 0. The fraction of sp³-hybridized carbons (Fsp3) is 0.529. The number of hydrogen-bond donors (Lipinski definition) is 0. The summed E-state index contributed by atoms with van der Waals surface area (Å²) in [5.41, 5.74) is 3.03. The molecule has 0 saturated carbocycles. The van der Waals surface area contributed by atoms with Gasteiger partial charge in [-0.05, 0) is 57.6 Å². The first kappa shape index (κ1) is 15.3. The standard InChI is InChI=1S/C17H25BO2/c1-7-8-9-14-10-11-15(12-13(14)2)18-19-16(3,4)17(5,6)20-18/h8-12H,7H2,1-6H3/b9-8+. The maximum Gasteiger partial charge on any atom is 0.494 e. The Morgan fingerprint density at radius 2 is 1.70 bits per heavy atom. The summed E-state index contributed by atoms with van der Waals surface area (Å²) in [6, 6.07) is 6.41. The second-order valence-corrected chi connectivity index (χ2v) is 6.51. The van der Waals surface area contributed by atoms with Crippen LogP contribution in [0.1, 0.15) is 52.2 Å². The molecule has 1 aromatic rings. The molecule has 0 radical (unpaired) electrons. The molecule has 2 nitrogen and oxygen atoms in total. The maximum absolute atomic E-state index is 6.09. The van der Waals surface area contributed by atoms with E-state index in [9.17, 15) is 0 Å². The summed E-state index contributed by atoms with van der Waals surface area (Å²) in [5, 5.41) is 0. The first-order chi connectivity index (χ1) is 9.27. The number of aryl methyl sites for hydroxylation is 1. The lowest BCUT2D eigenvalue weighted by atomic mass is 9.78. The van der Waals surface area contributed by atoms with E-state index in [2.05, 4.69) is 71.9 Å². The smallest absolute Gasteiger partial charge is 0.399 e. The molecule has 3 heteroatoms. The highest BCUT2D eigenvalue weighted by Crippen LogP contribution is 2.36. The number of rotatable bonds is 3. The number of allylic oxidation sites excluding steroid dienone is 1. The number of benzene rings is 1. The van der Waals surface area contributed by atoms with Gasteiger partial charge < -0.3 is 9.31 Å². The van der Waals surface area contributed by atoms with E-state index in [1.165, 1.54) is 11.1 Å². The molecule has 2 rings (SSSR count). The Bertz CT molecular complexity index is 502. The molecule has 1 heterocycles. The Morgan fingerprint density at radius 3 is 2.20 bits per heavy atom. The molecular formula is C17H25BO2. The first-order valence-electron chi connectivity index (χ1n) is 7.39. The third-order valence-corrected chi connectivity index (χ3v) is 4.35. The molecular weight excluding hydrogens is 247 g/mol. The van der Waals surface area contributed by atoms with E-state index < -0.39 is 0 Å². The van der Waals surface area contributed by atoms with Gasteiger partial charge in [-0.3, -0.25) is 0 Å². The van der Waals surface area contributed by atoms with Gasteiger partial charge in [-0.2, -0.15) is 0 Å². The largest absolute Gasteiger partial charge is 0.494 e. The Morgan fingerprint density at radius 1 is 1.10 bits per heavy atom. The van der Waals surface area contributed by atoms with Crippen molar-refractivity contribution in [1.82, 2.24) is 0 Å². The van der Waals surface area contributed by atoms with Crippen LogP contribution in [0.3, 0.4) is 0 Å². The molecule has 1 saturated heterocycles. The van der Waals surface area contributed by atoms with Gasteiger partial charge in [0.15, 0.2) is 0 Å². The molecule has 0 N–H and O–H groups in total. The van der Waals surface area contributed by atoms with Gasteiger partial charge in [0.25, 0.3) is 0 Å². The average Bonchev–Trinajstić information content (AvgIpc) is 2.57. The van der Waals surface area contributed by atoms with E-state index >= 15 is 0 Å². The summed E-state index contributed by atoms with van der Waals surface area (Å²) in [7, 11) is -0.275. The normalized spacial score (nSPS) is 20.8. The molecule has 0 atom stereocenters. The van der Waals surface area contributed by atoms with Gasteiger partial charge in [0.05, 0.1) is 11.2 Å². The lowest BCUT2D eigenvalue weighted by Crippen LogP contribution is -2.41. The molecule has 0 unspecified atom stereocenters. The van der Waals surface area contributed by atoms with E-state index in [0.717, 1.165) is 11.9 Å². The van der Waals surface area contributed by atoms with Crippen molar-refractivity contribution >= 4 is 18.7 Å². The lowest BCUT2D eigenvalue weighted by molar-refractivity contribution is 0.00578. The first-order valence-corrected chi connectivity index (χ1v) is 7.39. The zero-order chi connectivity index (χ0) is 15.0. The Balaban J connectivity index is 2.24. The minimum Gasteiger partial charge on any atom is -0.399 e. The SMILES string of the molecule is CC/C=C/c1ccc(B2OC(C)(C)C(C)(C)O2)cc1C. The fourth-order valence-corrected chi connectivity index (χ4v) is 2.26. The highest BCUT2D eigenvalue weighted by Gasteiger charge is 2.51. The van der Waals surface area contributed by atoms with Gasteiger partial charge in [0.1, 0.15) is 0 Å². The van der Waals surface area contributed by atoms with E-state index in [1.807, 2.05) is 0 Å². The zero-order valence-corrected chi connectivity index (χ0v) is 13.5. The summed E-state index contributed by atoms with van der Waals surface area (Å²) in [4.78, 5) is 0. The van der Waals surface area contributed by atoms with Crippen molar-refractivity contribution in [3.8, 4) is 0 Å². The van der Waals surface area contributed by atoms with Gasteiger partial charge in [0.2, 0.25) is 0 Å². The van der Waals surface area contributed by atoms with Crippen LogP contribution in [0.15, 0.2) is 24.3 Å². The molecule has 1 aliphatic rings. The topological polar surface area (TPSA) is 18.5 Å². The summed E-state index contributed by atoms with van der Waals surface area (Å²) in [6.07, 6.45) is 5.40. The molecule has 0 spiro atoms. The van der Waals surface area contributed by atoms with E-state index in [0.29, 0.717) is 0 Å². The zero-order valence-electron chi connectivity index (χ0n) is 13.5. The second kappa shape index (κ2) is 5.38. The van der Waals surface area contributed by atoms with Gasteiger partial charge in [-0.1, -0.05) is 37.3 Å². The Hall–Kier alpha value is -1.06.